The van der Waals surface area contributed by atoms with Gasteiger partial charge in [-0.2, -0.15) is 0 Å². The maximum Gasteiger partial charge on any atom is 0.244 e. The normalized spacial score (nSPS) is 13.6. The van der Waals surface area contributed by atoms with Gasteiger partial charge in [-0.15, -0.1) is 0 Å². The predicted octanol–water partition coefficient (Wildman–Crippen LogP) is 3.86. The summed E-state index contributed by atoms with van der Waals surface area (Å²) >= 11 is 0. The van der Waals surface area contributed by atoms with E-state index in [0.717, 1.165) is 22.9 Å². The minimum atomic E-state index is -3.69. The third kappa shape index (κ3) is 5.10. The van der Waals surface area contributed by atoms with Crippen LogP contribution >= 0.6 is 0 Å². The molecule has 1 amide bonds. The fourth-order valence-corrected chi connectivity index (χ4v) is 4.27. The van der Waals surface area contributed by atoms with Crippen LogP contribution < -0.4 is 9.62 Å². The highest BCUT2D eigenvalue weighted by Gasteiger charge is 2.32. The number of hydrogen-bond donors (Lipinski definition) is 1. The average molecular weight is 407 g/mol. The molecule has 0 aliphatic rings. The summed E-state index contributed by atoms with van der Waals surface area (Å²) in [4.78, 5) is 12.9. The van der Waals surface area contributed by atoms with Crippen LogP contribution in [0.2, 0.25) is 0 Å². The molecular weight excluding hydrogens is 379 g/mol. The highest BCUT2D eigenvalue weighted by Crippen LogP contribution is 2.25. The number of amides is 1. The molecule has 28 heavy (non-hydrogen) atoms. The largest absolute Gasteiger partial charge is 0.348 e. The van der Waals surface area contributed by atoms with Gasteiger partial charge < -0.3 is 5.32 Å². The smallest absolute Gasteiger partial charge is 0.244 e. The van der Waals surface area contributed by atoms with Crippen molar-refractivity contribution in [3.8, 4) is 0 Å². The van der Waals surface area contributed by atoms with E-state index in [-0.39, 0.29) is 11.9 Å². The van der Waals surface area contributed by atoms with Crippen LogP contribution in [0, 0.1) is 19.7 Å². The SMILES string of the molecule is CC[C@@H](C(=O)N[C@@H](C)c1ccc(F)cc1)N(c1ccc(C)c(C)c1)S(C)(=O)=O. The first-order valence-corrected chi connectivity index (χ1v) is 11.0. The minimum Gasteiger partial charge on any atom is -0.348 e. The lowest BCUT2D eigenvalue weighted by molar-refractivity contribution is -0.122. The zero-order valence-corrected chi connectivity index (χ0v) is 17.7. The molecule has 2 atom stereocenters. The zero-order valence-electron chi connectivity index (χ0n) is 16.9. The van der Waals surface area contributed by atoms with Crippen molar-refractivity contribution in [1.82, 2.24) is 5.32 Å². The summed E-state index contributed by atoms with van der Waals surface area (Å²) in [5, 5.41) is 2.85. The van der Waals surface area contributed by atoms with E-state index < -0.39 is 22.0 Å². The molecule has 0 saturated heterocycles. The second-order valence-electron chi connectivity index (χ2n) is 7.03. The topological polar surface area (TPSA) is 66.5 Å². The van der Waals surface area contributed by atoms with Crippen LogP contribution in [0.5, 0.6) is 0 Å². The predicted molar refractivity (Wildman–Crippen MR) is 110 cm³/mol. The molecule has 2 aromatic carbocycles. The molecule has 5 nitrogen and oxygen atoms in total. The van der Waals surface area contributed by atoms with Crippen LogP contribution in [0.4, 0.5) is 10.1 Å². The second kappa shape index (κ2) is 8.73. The molecule has 0 heterocycles. The Balaban J connectivity index is 2.33. The number of benzene rings is 2. The highest BCUT2D eigenvalue weighted by molar-refractivity contribution is 7.92. The Kier molecular flexibility index (Phi) is 6.82. The van der Waals surface area contributed by atoms with Crippen molar-refractivity contribution >= 4 is 21.6 Å². The molecule has 0 aromatic heterocycles. The van der Waals surface area contributed by atoms with Crippen molar-refractivity contribution in [2.24, 2.45) is 0 Å². The van der Waals surface area contributed by atoms with Gasteiger partial charge in [0.15, 0.2) is 0 Å². The number of rotatable bonds is 7. The number of halogens is 1. The van der Waals surface area contributed by atoms with Crippen LogP contribution in [-0.2, 0) is 14.8 Å². The molecule has 0 bridgehead atoms. The van der Waals surface area contributed by atoms with Gasteiger partial charge in [-0.25, -0.2) is 12.8 Å². The number of carbonyl (C=O) groups excluding carboxylic acids is 1. The van der Waals surface area contributed by atoms with Gasteiger partial charge in [0.05, 0.1) is 18.0 Å². The van der Waals surface area contributed by atoms with E-state index in [0.29, 0.717) is 12.1 Å². The van der Waals surface area contributed by atoms with Gasteiger partial charge in [-0.3, -0.25) is 9.10 Å². The van der Waals surface area contributed by atoms with E-state index in [9.17, 15) is 17.6 Å². The highest BCUT2D eigenvalue weighted by atomic mass is 32.2. The van der Waals surface area contributed by atoms with Gasteiger partial charge in [0.1, 0.15) is 11.9 Å². The molecule has 7 heteroatoms. The molecule has 0 spiro atoms. The number of anilines is 1. The van der Waals surface area contributed by atoms with Gasteiger partial charge in [-0.05, 0) is 68.1 Å². The molecule has 0 aliphatic heterocycles. The summed E-state index contributed by atoms with van der Waals surface area (Å²) in [7, 11) is -3.69. The molecule has 0 unspecified atom stereocenters. The van der Waals surface area contributed by atoms with Gasteiger partial charge in [0, 0.05) is 0 Å². The van der Waals surface area contributed by atoms with Crippen LogP contribution in [-0.4, -0.2) is 26.6 Å². The number of hydrogen-bond acceptors (Lipinski definition) is 3. The van der Waals surface area contributed by atoms with E-state index in [1.54, 1.807) is 38.1 Å². The zero-order chi connectivity index (χ0) is 21.1. The standard InChI is InChI=1S/C21H27FN2O3S/c1-6-20(21(25)23-16(4)17-8-10-18(22)11-9-17)24(28(5,26)27)19-12-7-14(2)15(3)13-19/h7-13,16,20H,6H2,1-5H3,(H,23,25)/t16-,20-/m0/s1. The molecule has 1 N–H and O–H groups in total. The van der Waals surface area contributed by atoms with Crippen molar-refractivity contribution in [2.75, 3.05) is 10.6 Å². The van der Waals surface area contributed by atoms with Crippen LogP contribution in [0.25, 0.3) is 0 Å². The van der Waals surface area contributed by atoms with Gasteiger partial charge in [-0.1, -0.05) is 25.1 Å². The van der Waals surface area contributed by atoms with E-state index >= 15 is 0 Å². The lowest BCUT2D eigenvalue weighted by Crippen LogP contribution is -2.49. The summed E-state index contributed by atoms with van der Waals surface area (Å²) in [6.07, 6.45) is 1.41. The maximum atomic E-state index is 13.1. The fourth-order valence-electron chi connectivity index (χ4n) is 3.07. The van der Waals surface area contributed by atoms with Crippen molar-refractivity contribution in [2.45, 2.75) is 46.2 Å². The average Bonchev–Trinajstić information content (AvgIpc) is 2.61. The summed E-state index contributed by atoms with van der Waals surface area (Å²) in [6.45, 7) is 7.39. The Bertz CT molecular complexity index is 943. The molecule has 0 radical (unpaired) electrons. The molecule has 2 rings (SSSR count). The lowest BCUT2D eigenvalue weighted by Gasteiger charge is -2.31. The minimum absolute atomic E-state index is 0.308. The first-order chi connectivity index (χ1) is 13.0. The Morgan fingerprint density at radius 3 is 2.21 bits per heavy atom. The second-order valence-corrected chi connectivity index (χ2v) is 8.89. The van der Waals surface area contributed by atoms with Crippen LogP contribution in [0.3, 0.4) is 0 Å². The van der Waals surface area contributed by atoms with Gasteiger partial charge >= 0.3 is 0 Å². The number of sulfonamides is 1. The number of aryl methyl sites for hydroxylation is 2. The van der Waals surface area contributed by atoms with Gasteiger partial charge in [0.25, 0.3) is 0 Å². The first-order valence-electron chi connectivity index (χ1n) is 9.17. The first kappa shape index (κ1) is 21.9. The Labute approximate surface area is 166 Å². The molecule has 0 fully saturated rings. The molecular formula is C21H27FN2O3S. The van der Waals surface area contributed by atoms with Crippen molar-refractivity contribution in [3.05, 3.63) is 65.0 Å². The van der Waals surface area contributed by atoms with E-state index in [2.05, 4.69) is 5.32 Å². The quantitative estimate of drug-likeness (QED) is 0.759. The Morgan fingerprint density at radius 2 is 1.71 bits per heavy atom. The molecule has 152 valence electrons. The third-order valence-electron chi connectivity index (χ3n) is 4.80. The summed E-state index contributed by atoms with van der Waals surface area (Å²) in [6, 6.07) is 9.90. The molecule has 0 saturated carbocycles. The summed E-state index contributed by atoms with van der Waals surface area (Å²) in [5.74, 6) is -0.755. The summed E-state index contributed by atoms with van der Waals surface area (Å²) < 4.78 is 39.4. The number of nitrogens with one attached hydrogen (secondary N) is 1. The van der Waals surface area contributed by atoms with Crippen molar-refractivity contribution in [1.29, 1.82) is 0 Å². The molecule has 0 aliphatic carbocycles. The third-order valence-corrected chi connectivity index (χ3v) is 5.98. The van der Waals surface area contributed by atoms with E-state index in [1.165, 1.54) is 16.4 Å². The molecule has 2 aromatic rings. The van der Waals surface area contributed by atoms with E-state index in [4.69, 9.17) is 0 Å². The number of carbonyl (C=O) groups is 1. The van der Waals surface area contributed by atoms with Crippen molar-refractivity contribution in [3.63, 3.8) is 0 Å². The van der Waals surface area contributed by atoms with Gasteiger partial charge in [0.2, 0.25) is 15.9 Å². The lowest BCUT2D eigenvalue weighted by atomic mass is 10.1. The Hall–Kier alpha value is -2.41. The number of nitrogens with zero attached hydrogens (tertiary/aromatic N) is 1. The monoisotopic (exact) mass is 406 g/mol. The maximum absolute atomic E-state index is 13.1. The fraction of sp³-hybridized carbons (Fsp3) is 0.381. The van der Waals surface area contributed by atoms with Crippen LogP contribution in [0.15, 0.2) is 42.5 Å². The summed E-state index contributed by atoms with van der Waals surface area (Å²) in [5.41, 5.74) is 3.18. The van der Waals surface area contributed by atoms with Crippen LogP contribution in [0.1, 0.15) is 43.0 Å². The Morgan fingerprint density at radius 1 is 1.11 bits per heavy atom. The van der Waals surface area contributed by atoms with Crippen molar-refractivity contribution < 1.29 is 17.6 Å². The van der Waals surface area contributed by atoms with E-state index in [1.807, 2.05) is 19.9 Å².